The van der Waals surface area contributed by atoms with Gasteiger partial charge in [-0.15, -0.1) is 0 Å². The summed E-state index contributed by atoms with van der Waals surface area (Å²) in [5.41, 5.74) is -2.12. The maximum Gasteiger partial charge on any atom is 0.252 e. The van der Waals surface area contributed by atoms with Gasteiger partial charge in [0.25, 0.3) is 11.8 Å². The minimum atomic E-state index is -2.12. The third kappa shape index (κ3) is 4.72. The number of hydrogen-bond acceptors (Lipinski definition) is 6. The first kappa shape index (κ1) is 22.4. The molecule has 0 aromatic heterocycles. The Kier molecular flexibility index (Phi) is 6.61. The molecule has 1 aliphatic carbocycles. The molecule has 5 atom stereocenters. The van der Waals surface area contributed by atoms with E-state index in [4.69, 9.17) is 11.6 Å². The maximum atomic E-state index is 13.3. The van der Waals surface area contributed by atoms with E-state index in [-0.39, 0.29) is 16.5 Å². The molecule has 1 aromatic rings. The lowest BCUT2D eigenvalue weighted by molar-refractivity contribution is -0.159. The summed E-state index contributed by atoms with van der Waals surface area (Å²) in [7, 11) is 0. The summed E-state index contributed by atoms with van der Waals surface area (Å²) in [6.07, 6.45) is -2.75. The second-order valence-corrected chi connectivity index (χ2v) is 8.07. The minimum absolute atomic E-state index is 0.000492. The van der Waals surface area contributed by atoms with E-state index >= 15 is 0 Å². The zero-order valence-corrected chi connectivity index (χ0v) is 16.7. The Morgan fingerprint density at radius 2 is 1.97 bits per heavy atom. The average Bonchev–Trinajstić information content (AvgIpc) is 2.69. The molecule has 0 bridgehead atoms. The topological polar surface area (TPSA) is 148 Å². The molecule has 3 rings (SSSR count). The van der Waals surface area contributed by atoms with Crippen molar-refractivity contribution in [3.63, 3.8) is 0 Å². The monoisotopic (exact) mass is 443 g/mol. The molecule has 2 aliphatic rings. The van der Waals surface area contributed by atoms with Gasteiger partial charge in [0.2, 0.25) is 5.91 Å². The standard InChI is InChI=1S/C19H23ClFN3O6/c20-10-6-9(3-4-11(10)21)16(27)23-13-7-19(30,8-14(25)15(13)26)18(29)24-12-2-1-5-22-17(12)28/h3-4,6,12-15,25-26,30H,1-2,5,7-8H2,(H,22,28)(H,23,27)(H,24,29)/t12-,13-,14+,15+,19-/m0/s1. The summed E-state index contributed by atoms with van der Waals surface area (Å²) in [5, 5.41) is 38.5. The smallest absolute Gasteiger partial charge is 0.252 e. The predicted octanol–water partition coefficient (Wildman–Crippen LogP) is -0.781. The highest BCUT2D eigenvalue weighted by Gasteiger charge is 2.49. The van der Waals surface area contributed by atoms with Gasteiger partial charge in [0.15, 0.2) is 0 Å². The van der Waals surface area contributed by atoms with Gasteiger partial charge in [0.05, 0.1) is 17.2 Å². The fourth-order valence-electron chi connectivity index (χ4n) is 3.72. The predicted molar refractivity (Wildman–Crippen MR) is 103 cm³/mol. The van der Waals surface area contributed by atoms with Gasteiger partial charge < -0.3 is 31.3 Å². The molecule has 2 fully saturated rings. The lowest BCUT2D eigenvalue weighted by Crippen LogP contribution is -2.64. The first-order valence-electron chi connectivity index (χ1n) is 9.54. The van der Waals surface area contributed by atoms with E-state index in [9.17, 15) is 34.1 Å². The Morgan fingerprint density at radius 1 is 1.23 bits per heavy atom. The molecule has 1 saturated carbocycles. The van der Waals surface area contributed by atoms with Crippen molar-refractivity contribution in [3.8, 4) is 0 Å². The lowest BCUT2D eigenvalue weighted by Gasteiger charge is -2.42. The van der Waals surface area contributed by atoms with E-state index in [0.29, 0.717) is 19.4 Å². The third-order valence-corrected chi connectivity index (χ3v) is 5.71. The number of piperidine rings is 1. The molecule has 0 spiro atoms. The number of carbonyl (C=O) groups is 3. The summed E-state index contributed by atoms with van der Waals surface area (Å²) < 4.78 is 13.3. The Morgan fingerprint density at radius 3 is 2.63 bits per heavy atom. The third-order valence-electron chi connectivity index (χ3n) is 5.42. The minimum Gasteiger partial charge on any atom is -0.390 e. The Bertz CT molecular complexity index is 856. The average molecular weight is 444 g/mol. The number of rotatable bonds is 4. The van der Waals surface area contributed by atoms with Crippen LogP contribution in [0.5, 0.6) is 0 Å². The van der Waals surface area contributed by atoms with Gasteiger partial charge in [-0.25, -0.2) is 4.39 Å². The molecule has 1 aliphatic heterocycles. The van der Waals surface area contributed by atoms with E-state index in [2.05, 4.69) is 16.0 Å². The van der Waals surface area contributed by atoms with Crippen LogP contribution in [0.1, 0.15) is 36.0 Å². The molecule has 164 valence electrons. The van der Waals surface area contributed by atoms with Crippen molar-refractivity contribution in [3.05, 3.63) is 34.6 Å². The molecular formula is C19H23ClFN3O6. The highest BCUT2D eigenvalue weighted by atomic mass is 35.5. The number of benzene rings is 1. The zero-order chi connectivity index (χ0) is 22.1. The van der Waals surface area contributed by atoms with Crippen molar-refractivity contribution >= 4 is 29.3 Å². The summed E-state index contributed by atoms with van der Waals surface area (Å²) in [6.45, 7) is 0.502. The molecule has 1 heterocycles. The highest BCUT2D eigenvalue weighted by Crippen LogP contribution is 2.30. The van der Waals surface area contributed by atoms with E-state index in [0.717, 1.165) is 12.1 Å². The number of carbonyl (C=O) groups excluding carboxylic acids is 3. The number of nitrogens with one attached hydrogen (secondary N) is 3. The SMILES string of the molecule is O=C(N[C@H]1C[C@@](O)(C(=O)N[C@H]2CCCNC2=O)C[C@@H](O)[C@@H]1O)c1ccc(F)c(Cl)c1. The summed E-state index contributed by atoms with van der Waals surface area (Å²) in [4.78, 5) is 37.0. The van der Waals surface area contributed by atoms with Crippen LogP contribution in [0.2, 0.25) is 5.02 Å². The van der Waals surface area contributed by atoms with Crippen molar-refractivity contribution < 1.29 is 34.1 Å². The van der Waals surface area contributed by atoms with E-state index < -0.39 is 60.4 Å². The van der Waals surface area contributed by atoms with Gasteiger partial charge in [-0.2, -0.15) is 0 Å². The quantitative estimate of drug-likeness (QED) is 0.359. The van der Waals surface area contributed by atoms with Gasteiger partial charge in [-0.1, -0.05) is 11.6 Å². The van der Waals surface area contributed by atoms with Crippen molar-refractivity contribution in [1.82, 2.24) is 16.0 Å². The zero-order valence-electron chi connectivity index (χ0n) is 15.9. The van der Waals surface area contributed by atoms with Gasteiger partial charge in [-0.05, 0) is 31.0 Å². The van der Waals surface area contributed by atoms with Gasteiger partial charge in [0, 0.05) is 24.9 Å². The Hall–Kier alpha value is -2.27. The van der Waals surface area contributed by atoms with Crippen LogP contribution in [0, 0.1) is 5.82 Å². The van der Waals surface area contributed by atoms with Crippen molar-refractivity contribution in [2.24, 2.45) is 0 Å². The first-order valence-corrected chi connectivity index (χ1v) is 9.91. The fourth-order valence-corrected chi connectivity index (χ4v) is 3.90. The van der Waals surface area contributed by atoms with Gasteiger partial charge in [-0.3, -0.25) is 14.4 Å². The number of aliphatic hydroxyl groups is 3. The Balaban J connectivity index is 1.72. The summed E-state index contributed by atoms with van der Waals surface area (Å²) in [5.74, 6) is -2.68. The largest absolute Gasteiger partial charge is 0.390 e. The number of amides is 3. The van der Waals surface area contributed by atoms with E-state index in [1.807, 2.05) is 0 Å². The normalized spacial score (nSPS) is 31.6. The lowest BCUT2D eigenvalue weighted by atomic mass is 9.77. The van der Waals surface area contributed by atoms with Crippen LogP contribution in [0.25, 0.3) is 0 Å². The second-order valence-electron chi connectivity index (χ2n) is 7.67. The van der Waals surface area contributed by atoms with E-state index in [1.165, 1.54) is 6.07 Å². The van der Waals surface area contributed by atoms with Gasteiger partial charge >= 0.3 is 0 Å². The molecule has 6 N–H and O–H groups in total. The van der Waals surface area contributed by atoms with Crippen LogP contribution in [0.4, 0.5) is 4.39 Å². The van der Waals surface area contributed by atoms with Crippen molar-refractivity contribution in [1.29, 1.82) is 0 Å². The van der Waals surface area contributed by atoms with Crippen LogP contribution in [0.15, 0.2) is 18.2 Å². The van der Waals surface area contributed by atoms with Crippen LogP contribution >= 0.6 is 11.6 Å². The van der Waals surface area contributed by atoms with Crippen LogP contribution in [-0.4, -0.2) is 69.5 Å². The number of aliphatic hydroxyl groups excluding tert-OH is 2. The molecule has 0 unspecified atom stereocenters. The van der Waals surface area contributed by atoms with Crippen LogP contribution < -0.4 is 16.0 Å². The number of halogens is 2. The molecule has 0 radical (unpaired) electrons. The van der Waals surface area contributed by atoms with Crippen LogP contribution in [-0.2, 0) is 9.59 Å². The van der Waals surface area contributed by atoms with Crippen LogP contribution in [0.3, 0.4) is 0 Å². The van der Waals surface area contributed by atoms with Crippen molar-refractivity contribution in [2.45, 2.75) is 55.6 Å². The Labute approximate surface area is 176 Å². The molecule has 30 heavy (non-hydrogen) atoms. The number of hydrogen-bond donors (Lipinski definition) is 6. The van der Waals surface area contributed by atoms with Crippen molar-refractivity contribution in [2.75, 3.05) is 6.54 Å². The molecule has 9 nitrogen and oxygen atoms in total. The fraction of sp³-hybridized carbons (Fsp3) is 0.526. The highest BCUT2D eigenvalue weighted by molar-refractivity contribution is 6.31. The first-order chi connectivity index (χ1) is 14.1. The summed E-state index contributed by atoms with van der Waals surface area (Å²) >= 11 is 5.67. The molecule has 1 saturated heterocycles. The van der Waals surface area contributed by atoms with Gasteiger partial charge in [0.1, 0.15) is 23.6 Å². The van der Waals surface area contributed by atoms with E-state index in [1.54, 1.807) is 0 Å². The molecule has 1 aromatic carbocycles. The summed E-state index contributed by atoms with van der Waals surface area (Å²) in [6, 6.07) is 1.29. The molecule has 11 heteroatoms. The molecule has 3 amide bonds. The maximum absolute atomic E-state index is 13.3. The molecular weight excluding hydrogens is 421 g/mol. The second kappa shape index (κ2) is 8.84.